The first kappa shape index (κ1) is 17.4. The first-order valence-corrected chi connectivity index (χ1v) is 9.08. The molecular formula is C11H16N2O6S2. The molecule has 0 saturated carbocycles. The molecule has 0 aromatic rings. The summed E-state index contributed by atoms with van der Waals surface area (Å²) in [6.45, 7) is 3.46. The molecule has 1 aliphatic heterocycles. The molecule has 0 bridgehead atoms. The number of allylic oxidation sites excluding steroid dienone is 2. The van der Waals surface area contributed by atoms with E-state index >= 15 is 0 Å². The maximum Gasteiger partial charge on any atom is 0.229 e. The highest BCUT2D eigenvalue weighted by Crippen LogP contribution is 2.23. The summed E-state index contributed by atoms with van der Waals surface area (Å²) in [6, 6.07) is 0. The van der Waals surface area contributed by atoms with Crippen LogP contribution in [0.4, 0.5) is 0 Å². The number of nitrogens with one attached hydrogen (secondary N) is 2. The Bertz CT molecular complexity index is 714. The third kappa shape index (κ3) is 5.34. The van der Waals surface area contributed by atoms with Gasteiger partial charge in [0.15, 0.2) is 6.29 Å². The summed E-state index contributed by atoms with van der Waals surface area (Å²) in [7, 11) is -7.35. The van der Waals surface area contributed by atoms with E-state index in [-0.39, 0.29) is 22.7 Å². The first-order chi connectivity index (χ1) is 9.55. The van der Waals surface area contributed by atoms with Crippen molar-refractivity contribution >= 4 is 19.9 Å². The van der Waals surface area contributed by atoms with E-state index < -0.39 is 26.2 Å². The van der Waals surface area contributed by atoms with Gasteiger partial charge in [-0.15, -0.1) is 0 Å². The summed E-state index contributed by atoms with van der Waals surface area (Å²) in [4.78, 5) is -0.190. The monoisotopic (exact) mass is 336 g/mol. The summed E-state index contributed by atoms with van der Waals surface area (Å²) in [6.07, 6.45) is 2.21. The Balaban J connectivity index is 3.13. The lowest BCUT2D eigenvalue weighted by molar-refractivity contribution is -0.0388. The summed E-state index contributed by atoms with van der Waals surface area (Å²) in [5.41, 5.74) is 0.202. The van der Waals surface area contributed by atoms with E-state index in [1.165, 1.54) is 6.08 Å². The van der Waals surface area contributed by atoms with Gasteiger partial charge in [-0.3, -0.25) is 4.72 Å². The number of hydrogen-bond acceptors (Lipinski definition) is 7. The average Bonchev–Trinajstić information content (AvgIpc) is 2.28. The van der Waals surface area contributed by atoms with E-state index in [1.807, 2.05) is 4.72 Å². The Labute approximate surface area is 123 Å². The van der Waals surface area contributed by atoms with Crippen LogP contribution in [0.15, 0.2) is 46.6 Å². The molecule has 0 aliphatic carbocycles. The van der Waals surface area contributed by atoms with Crippen molar-refractivity contribution in [1.29, 1.82) is 0 Å². The van der Waals surface area contributed by atoms with Crippen LogP contribution < -0.4 is 10.0 Å². The highest BCUT2D eigenvalue weighted by Gasteiger charge is 2.24. The molecule has 0 amide bonds. The SMILES string of the molecule is C=CC1=C(/C=C/NS(C)(=O)=O)S(=O)(=O)C=C(CC(O)O)N1. The molecule has 0 unspecified atom stereocenters. The quantitative estimate of drug-likeness (QED) is 0.458. The summed E-state index contributed by atoms with van der Waals surface area (Å²) in [5, 5.41) is 21.3. The summed E-state index contributed by atoms with van der Waals surface area (Å²) < 4.78 is 48.0. The lowest BCUT2D eigenvalue weighted by Gasteiger charge is -2.20. The average molecular weight is 336 g/mol. The van der Waals surface area contributed by atoms with Gasteiger partial charge in [0.05, 0.1) is 22.3 Å². The molecule has 0 saturated heterocycles. The Kier molecular flexibility index (Phi) is 5.34. The largest absolute Gasteiger partial charge is 0.368 e. The summed E-state index contributed by atoms with van der Waals surface area (Å²) in [5.74, 6) is 0. The predicted molar refractivity (Wildman–Crippen MR) is 77.3 cm³/mol. The minimum Gasteiger partial charge on any atom is -0.368 e. The molecular weight excluding hydrogens is 320 g/mol. The molecule has 0 aromatic heterocycles. The molecule has 0 atom stereocenters. The summed E-state index contributed by atoms with van der Waals surface area (Å²) >= 11 is 0. The molecule has 0 fully saturated rings. The van der Waals surface area contributed by atoms with E-state index in [2.05, 4.69) is 11.9 Å². The molecule has 1 rings (SSSR count). The van der Waals surface area contributed by atoms with Crippen molar-refractivity contribution in [2.75, 3.05) is 6.26 Å². The third-order valence-corrected chi connectivity index (χ3v) is 4.42. The second-order valence-corrected chi connectivity index (χ2v) is 7.75. The number of sulfone groups is 1. The maximum absolute atomic E-state index is 12.1. The minimum atomic E-state index is -3.86. The van der Waals surface area contributed by atoms with E-state index in [9.17, 15) is 16.8 Å². The van der Waals surface area contributed by atoms with Crippen molar-refractivity contribution in [2.24, 2.45) is 0 Å². The molecule has 0 aromatic carbocycles. The van der Waals surface area contributed by atoms with Gasteiger partial charge in [-0.2, -0.15) is 0 Å². The van der Waals surface area contributed by atoms with Gasteiger partial charge in [-0.25, -0.2) is 16.8 Å². The van der Waals surface area contributed by atoms with Gasteiger partial charge >= 0.3 is 0 Å². The fourth-order valence-corrected chi connectivity index (χ4v) is 3.20. The number of sulfonamides is 1. The predicted octanol–water partition coefficient (Wildman–Crippen LogP) is -0.993. The van der Waals surface area contributed by atoms with Crippen LogP contribution in [0.3, 0.4) is 0 Å². The molecule has 10 heteroatoms. The van der Waals surface area contributed by atoms with Crippen LogP contribution in [-0.4, -0.2) is 39.6 Å². The van der Waals surface area contributed by atoms with Crippen LogP contribution in [0.25, 0.3) is 0 Å². The normalized spacial score (nSPS) is 18.6. The fraction of sp³-hybridized carbons (Fsp3) is 0.273. The highest BCUT2D eigenvalue weighted by atomic mass is 32.2. The highest BCUT2D eigenvalue weighted by molar-refractivity contribution is 7.98. The van der Waals surface area contributed by atoms with Crippen LogP contribution in [0, 0.1) is 0 Å². The van der Waals surface area contributed by atoms with Crippen LogP contribution >= 0.6 is 0 Å². The first-order valence-electron chi connectivity index (χ1n) is 5.64. The Morgan fingerprint density at radius 3 is 2.57 bits per heavy atom. The van der Waals surface area contributed by atoms with Gasteiger partial charge in [0.25, 0.3) is 0 Å². The molecule has 1 aliphatic rings. The van der Waals surface area contributed by atoms with Crippen LogP contribution in [0.1, 0.15) is 6.42 Å². The van der Waals surface area contributed by atoms with Crippen molar-refractivity contribution in [3.8, 4) is 0 Å². The molecule has 4 N–H and O–H groups in total. The number of aliphatic hydroxyl groups is 2. The number of hydrogen-bond donors (Lipinski definition) is 4. The second-order valence-electron chi connectivity index (χ2n) is 4.20. The van der Waals surface area contributed by atoms with E-state index in [0.29, 0.717) is 0 Å². The standard InChI is InChI=1S/C11H16N2O6S2/c1-3-9-10(4-5-12-20(2,16)17)21(18,19)7-8(13-9)6-11(14)15/h3-5,7,11-15H,1,6H2,2H3/b5-4+. The fourth-order valence-electron chi connectivity index (χ4n) is 1.53. The van der Waals surface area contributed by atoms with Gasteiger partial charge in [0.2, 0.25) is 19.9 Å². The van der Waals surface area contributed by atoms with Crippen molar-refractivity contribution in [2.45, 2.75) is 12.7 Å². The zero-order chi connectivity index (χ0) is 16.3. The van der Waals surface area contributed by atoms with Crippen LogP contribution in [0.5, 0.6) is 0 Å². The van der Waals surface area contributed by atoms with Gasteiger partial charge in [0.1, 0.15) is 0 Å². The third-order valence-electron chi connectivity index (χ3n) is 2.29. The van der Waals surface area contributed by atoms with Crippen LogP contribution in [0.2, 0.25) is 0 Å². The molecule has 8 nitrogen and oxygen atoms in total. The number of aliphatic hydroxyl groups excluding tert-OH is 1. The van der Waals surface area contributed by atoms with Gasteiger partial charge in [-0.05, 0) is 12.2 Å². The molecule has 0 spiro atoms. The minimum absolute atomic E-state index is 0.0909. The zero-order valence-corrected chi connectivity index (χ0v) is 12.8. The topological polar surface area (TPSA) is 133 Å². The Morgan fingerprint density at radius 1 is 1.48 bits per heavy atom. The van der Waals surface area contributed by atoms with Gasteiger partial charge < -0.3 is 15.5 Å². The smallest absolute Gasteiger partial charge is 0.229 e. The van der Waals surface area contributed by atoms with Crippen molar-refractivity contribution in [3.05, 3.63) is 46.6 Å². The molecule has 0 radical (unpaired) electrons. The van der Waals surface area contributed by atoms with E-state index in [1.54, 1.807) is 0 Å². The maximum atomic E-state index is 12.1. The zero-order valence-electron chi connectivity index (χ0n) is 11.1. The van der Waals surface area contributed by atoms with Gasteiger partial charge in [-0.1, -0.05) is 6.58 Å². The molecule has 1 heterocycles. The second kappa shape index (κ2) is 6.43. The lowest BCUT2D eigenvalue weighted by Crippen LogP contribution is -2.25. The number of rotatable bonds is 6. The van der Waals surface area contributed by atoms with E-state index in [0.717, 1.165) is 23.9 Å². The van der Waals surface area contributed by atoms with Crippen molar-refractivity contribution in [1.82, 2.24) is 10.0 Å². The Hall–Kier alpha value is -1.62. The van der Waals surface area contributed by atoms with E-state index in [4.69, 9.17) is 10.2 Å². The molecule has 21 heavy (non-hydrogen) atoms. The van der Waals surface area contributed by atoms with Crippen LogP contribution in [-0.2, 0) is 19.9 Å². The van der Waals surface area contributed by atoms with Gasteiger partial charge in [0, 0.05) is 18.3 Å². The van der Waals surface area contributed by atoms with Crippen molar-refractivity contribution < 1.29 is 27.0 Å². The lowest BCUT2D eigenvalue weighted by atomic mass is 10.3. The molecule has 118 valence electrons. The Morgan fingerprint density at radius 2 is 2.10 bits per heavy atom. The van der Waals surface area contributed by atoms with Crippen molar-refractivity contribution in [3.63, 3.8) is 0 Å².